The molecule has 0 aliphatic carbocycles. The van der Waals surface area contributed by atoms with Crippen LogP contribution in [0.2, 0.25) is 0 Å². The number of carbonyl (C=O) groups excluding carboxylic acids is 2. The lowest BCUT2D eigenvalue weighted by Crippen LogP contribution is -2.24. The minimum atomic E-state index is -0.00270. The molecule has 2 aromatic rings. The van der Waals surface area contributed by atoms with E-state index in [0.717, 1.165) is 66.2 Å². The number of amides is 2. The van der Waals surface area contributed by atoms with Crippen LogP contribution in [0.25, 0.3) is 0 Å². The van der Waals surface area contributed by atoms with Crippen molar-refractivity contribution in [2.45, 2.75) is 57.8 Å². The average molecular weight is 511 g/mol. The first kappa shape index (κ1) is 26.6. The van der Waals surface area contributed by atoms with E-state index < -0.39 is 0 Å². The van der Waals surface area contributed by atoms with Crippen molar-refractivity contribution in [2.24, 2.45) is 0 Å². The van der Waals surface area contributed by atoms with Crippen LogP contribution in [0, 0.1) is 0 Å². The van der Waals surface area contributed by atoms with Crippen molar-refractivity contribution in [2.75, 3.05) is 39.5 Å². The van der Waals surface area contributed by atoms with Crippen molar-refractivity contribution in [3.63, 3.8) is 0 Å². The predicted octanol–water partition coefficient (Wildman–Crippen LogP) is 4.32. The van der Waals surface area contributed by atoms with E-state index in [1.807, 2.05) is 24.3 Å². The molecule has 8 heteroatoms. The molecule has 0 saturated carbocycles. The third-order valence-corrected chi connectivity index (χ3v) is 6.85. The fourth-order valence-corrected chi connectivity index (χ4v) is 4.95. The van der Waals surface area contributed by atoms with Crippen molar-refractivity contribution >= 4 is 11.8 Å². The molecule has 2 heterocycles. The fraction of sp³-hybridized carbons (Fsp3) is 0.517. The van der Waals surface area contributed by atoms with Crippen LogP contribution in [0.15, 0.2) is 36.4 Å². The number of hydrogen-bond acceptors (Lipinski definition) is 6. The molecule has 8 nitrogen and oxygen atoms in total. The number of carbonyl (C=O) groups is 2. The van der Waals surface area contributed by atoms with Gasteiger partial charge < -0.3 is 29.6 Å². The first-order valence-corrected chi connectivity index (χ1v) is 13.3. The Labute approximate surface area is 219 Å². The van der Waals surface area contributed by atoms with Crippen LogP contribution >= 0.6 is 0 Å². The summed E-state index contributed by atoms with van der Waals surface area (Å²) in [6, 6.07) is 12.0. The Bertz CT molecular complexity index is 989. The summed E-state index contributed by atoms with van der Waals surface area (Å²) < 4.78 is 23.7. The zero-order chi connectivity index (χ0) is 26.0. The molecule has 0 fully saturated rings. The van der Waals surface area contributed by atoms with Crippen LogP contribution in [-0.2, 0) is 9.59 Å². The maximum Gasteiger partial charge on any atom is 0.216 e. The Morgan fingerprint density at radius 1 is 0.784 bits per heavy atom. The summed E-state index contributed by atoms with van der Waals surface area (Å²) in [6.45, 7) is 6.88. The van der Waals surface area contributed by atoms with Gasteiger partial charge in [-0.15, -0.1) is 0 Å². The first-order valence-electron chi connectivity index (χ1n) is 13.3. The first-order chi connectivity index (χ1) is 18.0. The minimum absolute atomic E-state index is 0.00270. The second kappa shape index (κ2) is 13.2. The molecule has 0 saturated heterocycles. The van der Waals surface area contributed by atoms with E-state index in [4.69, 9.17) is 18.9 Å². The number of rotatable bonds is 12. The lowest BCUT2D eigenvalue weighted by atomic mass is 9.90. The summed E-state index contributed by atoms with van der Waals surface area (Å²) >= 11 is 0. The summed E-state index contributed by atoms with van der Waals surface area (Å²) in [5.41, 5.74) is 2.30. The van der Waals surface area contributed by atoms with E-state index in [-0.39, 0.29) is 11.8 Å². The lowest BCUT2D eigenvalue weighted by Gasteiger charge is -2.26. The maximum atomic E-state index is 11.2. The summed E-state index contributed by atoms with van der Waals surface area (Å²) in [5, 5.41) is 5.77. The van der Waals surface area contributed by atoms with Crippen LogP contribution < -0.4 is 29.6 Å². The Hall–Kier alpha value is -3.42. The van der Waals surface area contributed by atoms with Crippen molar-refractivity contribution in [3.8, 4) is 23.0 Å². The zero-order valence-corrected chi connectivity index (χ0v) is 21.8. The standard InChI is InChI=1S/C29H38N2O6/c1-20(32)30-12-8-22-10-16-36-28-6-4-24(18-26(22)28)34-14-3-15-35-25-5-7-29-27(19-25)23(11-17-37-29)9-13-31-21(2)33/h4-7,18-19,22-23H,3,8-17H2,1-2H3,(H,30,32)(H,31,33). The largest absolute Gasteiger partial charge is 0.493 e. The molecule has 2 aromatic carbocycles. The van der Waals surface area contributed by atoms with E-state index in [2.05, 4.69) is 22.8 Å². The van der Waals surface area contributed by atoms with Crippen LogP contribution in [0.5, 0.6) is 23.0 Å². The van der Waals surface area contributed by atoms with E-state index in [1.54, 1.807) is 13.8 Å². The highest BCUT2D eigenvalue weighted by Gasteiger charge is 2.23. The van der Waals surface area contributed by atoms with Crippen molar-refractivity contribution in [1.82, 2.24) is 10.6 Å². The number of fused-ring (bicyclic) bond motifs is 2. The van der Waals surface area contributed by atoms with E-state index >= 15 is 0 Å². The third kappa shape index (κ3) is 7.78. The van der Waals surface area contributed by atoms with Gasteiger partial charge >= 0.3 is 0 Å². The van der Waals surface area contributed by atoms with Gasteiger partial charge in [0, 0.05) is 44.5 Å². The van der Waals surface area contributed by atoms with Gasteiger partial charge in [0.1, 0.15) is 23.0 Å². The van der Waals surface area contributed by atoms with Gasteiger partial charge in [-0.25, -0.2) is 0 Å². The Morgan fingerprint density at radius 3 is 1.68 bits per heavy atom. The molecule has 2 amide bonds. The molecule has 2 aliphatic rings. The second-order valence-corrected chi connectivity index (χ2v) is 9.66. The number of nitrogens with one attached hydrogen (secondary N) is 2. The Balaban J connectivity index is 1.24. The van der Waals surface area contributed by atoms with Crippen molar-refractivity contribution in [3.05, 3.63) is 47.5 Å². The van der Waals surface area contributed by atoms with Gasteiger partial charge in [0.2, 0.25) is 11.8 Å². The molecule has 0 bridgehead atoms. The van der Waals surface area contributed by atoms with Gasteiger partial charge in [0.15, 0.2) is 0 Å². The Kier molecular flexibility index (Phi) is 9.52. The minimum Gasteiger partial charge on any atom is -0.493 e. The van der Waals surface area contributed by atoms with Gasteiger partial charge in [-0.2, -0.15) is 0 Å². The third-order valence-electron chi connectivity index (χ3n) is 6.85. The molecule has 2 aliphatic heterocycles. The quantitative estimate of drug-likeness (QED) is 0.413. The Morgan fingerprint density at radius 2 is 1.24 bits per heavy atom. The van der Waals surface area contributed by atoms with Gasteiger partial charge in [-0.05, 0) is 73.9 Å². The van der Waals surface area contributed by atoms with Gasteiger partial charge in [-0.1, -0.05) is 0 Å². The normalized spacial score (nSPS) is 17.9. The number of hydrogen-bond donors (Lipinski definition) is 2. The van der Waals surface area contributed by atoms with Crippen LogP contribution in [0.4, 0.5) is 0 Å². The molecule has 2 unspecified atom stereocenters. The van der Waals surface area contributed by atoms with Crippen molar-refractivity contribution < 1.29 is 28.5 Å². The van der Waals surface area contributed by atoms with Crippen LogP contribution in [-0.4, -0.2) is 51.3 Å². The topological polar surface area (TPSA) is 95.1 Å². The smallest absolute Gasteiger partial charge is 0.216 e. The molecular weight excluding hydrogens is 472 g/mol. The van der Waals surface area contributed by atoms with Crippen LogP contribution in [0.1, 0.15) is 68.9 Å². The summed E-state index contributed by atoms with van der Waals surface area (Å²) in [5.74, 6) is 4.13. The predicted molar refractivity (Wildman–Crippen MR) is 141 cm³/mol. The molecular formula is C29H38N2O6. The summed E-state index contributed by atoms with van der Waals surface area (Å²) in [7, 11) is 0. The van der Waals surface area contributed by atoms with E-state index in [9.17, 15) is 9.59 Å². The monoisotopic (exact) mass is 510 g/mol. The number of benzene rings is 2. The molecule has 2 N–H and O–H groups in total. The highest BCUT2D eigenvalue weighted by atomic mass is 16.5. The highest BCUT2D eigenvalue weighted by Crippen LogP contribution is 2.39. The number of ether oxygens (including phenoxy) is 4. The van der Waals surface area contributed by atoms with Gasteiger partial charge in [0.05, 0.1) is 26.4 Å². The maximum absolute atomic E-state index is 11.2. The molecule has 0 spiro atoms. The molecule has 4 rings (SSSR count). The highest BCUT2D eigenvalue weighted by molar-refractivity contribution is 5.73. The summed E-state index contributed by atoms with van der Waals surface area (Å²) in [6.07, 6.45) is 4.38. The van der Waals surface area contributed by atoms with E-state index in [1.165, 1.54) is 0 Å². The second-order valence-electron chi connectivity index (χ2n) is 9.66. The molecule has 0 radical (unpaired) electrons. The zero-order valence-electron chi connectivity index (χ0n) is 21.8. The molecule has 200 valence electrons. The molecule has 0 aromatic heterocycles. The fourth-order valence-electron chi connectivity index (χ4n) is 4.95. The van der Waals surface area contributed by atoms with E-state index in [0.29, 0.717) is 51.4 Å². The van der Waals surface area contributed by atoms with Gasteiger partial charge in [0.25, 0.3) is 0 Å². The average Bonchev–Trinajstić information content (AvgIpc) is 2.88. The van der Waals surface area contributed by atoms with Gasteiger partial charge in [-0.3, -0.25) is 9.59 Å². The SMILES string of the molecule is CC(=O)NCCC1CCOc2ccc(OCCCOc3ccc4c(c3)C(CCNC(C)=O)CCO4)cc21. The summed E-state index contributed by atoms with van der Waals surface area (Å²) in [4.78, 5) is 22.4. The lowest BCUT2D eigenvalue weighted by molar-refractivity contribution is -0.119. The molecule has 2 atom stereocenters. The van der Waals surface area contributed by atoms with Crippen molar-refractivity contribution in [1.29, 1.82) is 0 Å². The van der Waals surface area contributed by atoms with Crippen LogP contribution in [0.3, 0.4) is 0 Å². The molecule has 37 heavy (non-hydrogen) atoms.